The van der Waals surface area contributed by atoms with Gasteiger partial charge in [0.1, 0.15) is 0 Å². The molecule has 114 valence electrons. The Morgan fingerprint density at radius 3 is 2.17 bits per heavy atom. The zero-order valence-corrected chi connectivity index (χ0v) is 13.2. The van der Waals surface area contributed by atoms with Gasteiger partial charge >= 0.3 is 0 Å². The van der Waals surface area contributed by atoms with Gasteiger partial charge in [0.05, 0.1) is 15.3 Å². The monoisotopic (exact) mass is 331 g/mol. The zero-order chi connectivity index (χ0) is 16.4. The molecule has 0 N–H and O–H groups in total. The zero-order valence-electron chi connectivity index (χ0n) is 12.4. The first kappa shape index (κ1) is 13.5. The van der Waals surface area contributed by atoms with Crippen molar-refractivity contribution in [2.24, 2.45) is 0 Å². The Hall–Kier alpha value is -2.91. The van der Waals surface area contributed by atoms with E-state index in [1.807, 2.05) is 48.5 Å². The van der Waals surface area contributed by atoms with Crippen LogP contribution in [0.15, 0.2) is 60.7 Å². The maximum atomic E-state index is 11.4. The third-order valence-electron chi connectivity index (χ3n) is 4.78. The van der Waals surface area contributed by atoms with E-state index in [0.29, 0.717) is 10.4 Å². The number of nitro groups is 1. The van der Waals surface area contributed by atoms with E-state index in [9.17, 15) is 10.1 Å². The van der Waals surface area contributed by atoms with Gasteiger partial charge in [0.2, 0.25) is 0 Å². The molecule has 0 radical (unpaired) electrons. The summed E-state index contributed by atoms with van der Waals surface area (Å²) in [6, 6.07) is 19.2. The molecular weight excluding hydrogens is 322 g/mol. The van der Waals surface area contributed by atoms with Crippen molar-refractivity contribution in [1.82, 2.24) is 0 Å². The molecule has 0 aromatic heterocycles. The first-order valence-corrected chi connectivity index (χ1v) is 7.97. The Bertz CT molecular complexity index is 1290. The molecule has 0 unspecified atom stereocenters. The van der Waals surface area contributed by atoms with Gasteiger partial charge in [0, 0.05) is 22.2 Å². The summed E-state index contributed by atoms with van der Waals surface area (Å²) < 4.78 is 0. The highest BCUT2D eigenvalue weighted by molar-refractivity contribution is 6.45. The fourth-order valence-electron chi connectivity index (χ4n) is 3.75. The fourth-order valence-corrected chi connectivity index (χ4v) is 4.08. The average molecular weight is 332 g/mol. The van der Waals surface area contributed by atoms with E-state index in [4.69, 9.17) is 11.6 Å². The summed E-state index contributed by atoms with van der Waals surface area (Å²) in [5.74, 6) is 0. The number of non-ortho nitro benzene ring substituents is 1. The van der Waals surface area contributed by atoms with Crippen LogP contribution in [0.2, 0.25) is 5.02 Å². The molecule has 0 fully saturated rings. The molecule has 5 rings (SSSR count). The van der Waals surface area contributed by atoms with E-state index in [2.05, 4.69) is 6.07 Å². The SMILES string of the molecule is O=[N+]([O-])c1ccc2ccc3c4ccccc4c(Cl)c4ccc1c2c43. The van der Waals surface area contributed by atoms with Crippen molar-refractivity contribution in [3.8, 4) is 0 Å². The number of hydrogen-bond acceptors (Lipinski definition) is 2. The number of halogens is 1. The highest BCUT2D eigenvalue weighted by atomic mass is 35.5. The molecule has 0 saturated carbocycles. The topological polar surface area (TPSA) is 43.1 Å². The van der Waals surface area contributed by atoms with E-state index in [0.717, 1.165) is 37.7 Å². The molecule has 0 amide bonds. The summed E-state index contributed by atoms with van der Waals surface area (Å²) in [7, 11) is 0. The molecule has 24 heavy (non-hydrogen) atoms. The van der Waals surface area contributed by atoms with Crippen LogP contribution in [0.3, 0.4) is 0 Å². The normalized spacial score (nSPS) is 11.9. The molecule has 5 aromatic carbocycles. The lowest BCUT2D eigenvalue weighted by Gasteiger charge is -2.14. The van der Waals surface area contributed by atoms with Gasteiger partial charge in [-0.1, -0.05) is 54.1 Å². The number of nitro benzene ring substituents is 1. The van der Waals surface area contributed by atoms with Crippen molar-refractivity contribution in [2.45, 2.75) is 0 Å². The summed E-state index contributed by atoms with van der Waals surface area (Å²) >= 11 is 6.67. The fraction of sp³-hybridized carbons (Fsp3) is 0. The number of rotatable bonds is 1. The summed E-state index contributed by atoms with van der Waals surface area (Å²) in [5, 5.41) is 19.7. The maximum Gasteiger partial charge on any atom is 0.277 e. The Balaban J connectivity index is 2.17. The van der Waals surface area contributed by atoms with Gasteiger partial charge in [-0.3, -0.25) is 10.1 Å². The van der Waals surface area contributed by atoms with Gasteiger partial charge in [0.25, 0.3) is 5.69 Å². The first-order valence-electron chi connectivity index (χ1n) is 7.59. The molecule has 0 aliphatic rings. The molecule has 0 aliphatic heterocycles. The largest absolute Gasteiger partial charge is 0.277 e. The van der Waals surface area contributed by atoms with Crippen LogP contribution in [0.25, 0.3) is 43.1 Å². The number of hydrogen-bond donors (Lipinski definition) is 0. The van der Waals surface area contributed by atoms with Crippen molar-refractivity contribution in [1.29, 1.82) is 0 Å². The second kappa shape index (κ2) is 4.56. The van der Waals surface area contributed by atoms with Gasteiger partial charge in [-0.2, -0.15) is 0 Å². The minimum absolute atomic E-state index is 0.126. The molecule has 0 spiro atoms. The molecule has 0 heterocycles. The Kier molecular flexibility index (Phi) is 2.57. The Labute approximate surface area is 141 Å². The van der Waals surface area contributed by atoms with E-state index in [1.165, 1.54) is 0 Å². The van der Waals surface area contributed by atoms with E-state index >= 15 is 0 Å². The van der Waals surface area contributed by atoms with Crippen molar-refractivity contribution < 1.29 is 4.92 Å². The second-order valence-corrected chi connectivity index (χ2v) is 6.33. The number of fused-ring (bicyclic) bond motifs is 2. The van der Waals surface area contributed by atoms with Crippen LogP contribution in [0, 0.1) is 10.1 Å². The molecule has 0 aliphatic carbocycles. The average Bonchev–Trinajstić information content (AvgIpc) is 2.61. The van der Waals surface area contributed by atoms with Crippen LogP contribution in [0.1, 0.15) is 0 Å². The summed E-state index contributed by atoms with van der Waals surface area (Å²) in [6.45, 7) is 0. The maximum absolute atomic E-state index is 11.4. The lowest BCUT2D eigenvalue weighted by atomic mass is 9.90. The van der Waals surface area contributed by atoms with Gasteiger partial charge < -0.3 is 0 Å². The van der Waals surface area contributed by atoms with E-state index in [-0.39, 0.29) is 10.6 Å². The number of benzene rings is 5. The smallest absolute Gasteiger partial charge is 0.258 e. The van der Waals surface area contributed by atoms with Crippen molar-refractivity contribution >= 4 is 60.4 Å². The highest BCUT2D eigenvalue weighted by Gasteiger charge is 2.19. The van der Waals surface area contributed by atoms with Crippen LogP contribution in [-0.2, 0) is 0 Å². The molecule has 0 bridgehead atoms. The second-order valence-electron chi connectivity index (χ2n) is 5.95. The molecule has 0 saturated heterocycles. The van der Waals surface area contributed by atoms with Gasteiger partial charge in [-0.15, -0.1) is 0 Å². The summed E-state index contributed by atoms with van der Waals surface area (Å²) in [4.78, 5) is 11.1. The summed E-state index contributed by atoms with van der Waals surface area (Å²) in [5.41, 5.74) is 0.126. The molecule has 3 nitrogen and oxygen atoms in total. The Morgan fingerprint density at radius 2 is 1.38 bits per heavy atom. The van der Waals surface area contributed by atoms with E-state index in [1.54, 1.807) is 6.07 Å². The van der Waals surface area contributed by atoms with Crippen LogP contribution in [0.4, 0.5) is 5.69 Å². The lowest BCUT2D eigenvalue weighted by Crippen LogP contribution is -1.92. The first-order chi connectivity index (χ1) is 11.7. The predicted octanol–water partition coefficient (Wildman–Crippen LogP) is 6.30. The summed E-state index contributed by atoms with van der Waals surface area (Å²) in [6.07, 6.45) is 0. The minimum atomic E-state index is -0.328. The predicted molar refractivity (Wildman–Crippen MR) is 99.3 cm³/mol. The highest BCUT2D eigenvalue weighted by Crippen LogP contribution is 2.44. The van der Waals surface area contributed by atoms with Crippen molar-refractivity contribution in [3.05, 3.63) is 75.8 Å². The standard InChI is InChI=1S/C20H10ClNO2/c21-20-14-4-2-1-3-12(14)13-7-5-11-6-10-17(22(23)24)15-8-9-16(20)19(13)18(11)15/h1-10H. The molecular formula is C20H10ClNO2. The van der Waals surface area contributed by atoms with Gasteiger partial charge in [0.15, 0.2) is 0 Å². The third kappa shape index (κ3) is 1.57. The quantitative estimate of drug-likeness (QED) is 0.156. The van der Waals surface area contributed by atoms with Crippen LogP contribution < -0.4 is 0 Å². The van der Waals surface area contributed by atoms with Crippen LogP contribution >= 0.6 is 11.6 Å². The third-order valence-corrected chi connectivity index (χ3v) is 5.18. The van der Waals surface area contributed by atoms with Crippen LogP contribution in [-0.4, -0.2) is 4.92 Å². The van der Waals surface area contributed by atoms with Gasteiger partial charge in [-0.05, 0) is 33.7 Å². The number of nitrogens with zero attached hydrogens (tertiary/aromatic N) is 1. The van der Waals surface area contributed by atoms with Gasteiger partial charge in [-0.25, -0.2) is 0 Å². The van der Waals surface area contributed by atoms with E-state index < -0.39 is 0 Å². The Morgan fingerprint density at radius 1 is 0.708 bits per heavy atom. The van der Waals surface area contributed by atoms with Crippen LogP contribution in [0.5, 0.6) is 0 Å². The molecule has 5 aromatic rings. The molecule has 0 atom stereocenters. The lowest BCUT2D eigenvalue weighted by molar-refractivity contribution is -0.383. The molecule has 4 heteroatoms. The van der Waals surface area contributed by atoms with Crippen molar-refractivity contribution in [3.63, 3.8) is 0 Å². The van der Waals surface area contributed by atoms with Crippen molar-refractivity contribution in [2.75, 3.05) is 0 Å². The minimum Gasteiger partial charge on any atom is -0.258 e.